The second-order valence-electron chi connectivity index (χ2n) is 7.20. The summed E-state index contributed by atoms with van der Waals surface area (Å²) in [6.45, 7) is 1.13. The number of sulfonamides is 1. The first-order valence-corrected chi connectivity index (χ1v) is 12.4. The Kier molecular flexibility index (Phi) is 6.64. The van der Waals surface area contributed by atoms with Crippen LogP contribution in [0, 0.1) is 0 Å². The number of ether oxygens (including phenoxy) is 1. The van der Waals surface area contributed by atoms with Gasteiger partial charge in [0.05, 0.1) is 16.2 Å². The highest BCUT2D eigenvalue weighted by molar-refractivity contribution is 7.89. The van der Waals surface area contributed by atoms with Gasteiger partial charge in [-0.2, -0.15) is 4.31 Å². The Hall–Kier alpha value is -2.75. The molecule has 162 valence electrons. The van der Waals surface area contributed by atoms with E-state index in [4.69, 9.17) is 4.74 Å². The lowest BCUT2D eigenvalue weighted by atomic mass is 10.2. The molecular formula is C22H23N3O4S2. The van der Waals surface area contributed by atoms with Gasteiger partial charge in [0.2, 0.25) is 10.0 Å². The summed E-state index contributed by atoms with van der Waals surface area (Å²) >= 11 is 1.43. The van der Waals surface area contributed by atoms with Crippen molar-refractivity contribution in [3.05, 3.63) is 71.2 Å². The molecule has 1 fully saturated rings. The smallest absolute Gasteiger partial charge is 0.338 e. The van der Waals surface area contributed by atoms with Gasteiger partial charge in [0.25, 0.3) is 0 Å². The molecule has 2 aromatic carbocycles. The number of benzene rings is 2. The van der Waals surface area contributed by atoms with Crippen molar-refractivity contribution in [3.63, 3.8) is 0 Å². The average molecular weight is 458 g/mol. The average Bonchev–Trinajstić information content (AvgIpc) is 3.26. The number of para-hydroxylation sites is 1. The van der Waals surface area contributed by atoms with Crippen LogP contribution in [0.4, 0.5) is 10.8 Å². The van der Waals surface area contributed by atoms with Crippen LogP contribution in [0.1, 0.15) is 35.3 Å². The maximum atomic E-state index is 12.7. The number of aromatic nitrogens is 1. The van der Waals surface area contributed by atoms with Gasteiger partial charge in [-0.15, -0.1) is 11.3 Å². The van der Waals surface area contributed by atoms with Crippen LogP contribution < -0.4 is 5.32 Å². The third-order valence-electron chi connectivity index (χ3n) is 4.97. The van der Waals surface area contributed by atoms with E-state index < -0.39 is 16.0 Å². The summed E-state index contributed by atoms with van der Waals surface area (Å²) in [7, 11) is -3.52. The normalized spacial score (nSPS) is 14.8. The number of carbonyl (C=O) groups excluding carboxylic acids is 1. The summed E-state index contributed by atoms with van der Waals surface area (Å²) < 4.78 is 32.3. The topological polar surface area (TPSA) is 88.6 Å². The van der Waals surface area contributed by atoms with Crippen molar-refractivity contribution in [1.82, 2.24) is 9.29 Å². The van der Waals surface area contributed by atoms with Crippen molar-refractivity contribution < 1.29 is 17.9 Å². The van der Waals surface area contributed by atoms with Crippen molar-refractivity contribution >= 4 is 38.1 Å². The number of rotatable bonds is 7. The van der Waals surface area contributed by atoms with Crippen molar-refractivity contribution in [1.29, 1.82) is 0 Å². The zero-order valence-corrected chi connectivity index (χ0v) is 18.5. The Morgan fingerprint density at radius 3 is 2.45 bits per heavy atom. The molecule has 0 amide bonds. The van der Waals surface area contributed by atoms with E-state index in [0.717, 1.165) is 24.9 Å². The Labute approximate surface area is 185 Å². The Balaban J connectivity index is 1.34. The molecule has 1 saturated heterocycles. The molecule has 1 aliphatic heterocycles. The van der Waals surface area contributed by atoms with E-state index >= 15 is 0 Å². The van der Waals surface area contributed by atoms with Crippen LogP contribution in [0.2, 0.25) is 0 Å². The van der Waals surface area contributed by atoms with Crippen molar-refractivity contribution in [2.24, 2.45) is 0 Å². The van der Waals surface area contributed by atoms with E-state index in [-0.39, 0.29) is 11.5 Å². The van der Waals surface area contributed by atoms with Crippen LogP contribution in [0.5, 0.6) is 0 Å². The van der Waals surface area contributed by atoms with Gasteiger partial charge < -0.3 is 10.1 Å². The number of thiazole rings is 1. The molecule has 0 bridgehead atoms. The van der Waals surface area contributed by atoms with E-state index in [1.807, 2.05) is 35.7 Å². The molecule has 0 spiro atoms. The van der Waals surface area contributed by atoms with Gasteiger partial charge in [-0.1, -0.05) is 24.6 Å². The second kappa shape index (κ2) is 9.59. The van der Waals surface area contributed by atoms with E-state index in [0.29, 0.717) is 29.5 Å². The molecule has 0 atom stereocenters. The first-order valence-electron chi connectivity index (χ1n) is 10.1. The number of piperidine rings is 1. The highest BCUT2D eigenvalue weighted by Crippen LogP contribution is 2.23. The van der Waals surface area contributed by atoms with Crippen LogP contribution in [0.25, 0.3) is 0 Å². The summed E-state index contributed by atoms with van der Waals surface area (Å²) in [5.41, 5.74) is 1.87. The van der Waals surface area contributed by atoms with E-state index in [1.165, 1.54) is 39.9 Å². The van der Waals surface area contributed by atoms with E-state index in [1.54, 1.807) is 0 Å². The highest BCUT2D eigenvalue weighted by atomic mass is 32.2. The van der Waals surface area contributed by atoms with Crippen molar-refractivity contribution in [2.45, 2.75) is 30.8 Å². The van der Waals surface area contributed by atoms with Crippen LogP contribution in [0.3, 0.4) is 0 Å². The predicted molar refractivity (Wildman–Crippen MR) is 120 cm³/mol. The fourth-order valence-corrected chi connectivity index (χ4v) is 5.55. The monoisotopic (exact) mass is 457 g/mol. The molecule has 0 aliphatic carbocycles. The van der Waals surface area contributed by atoms with Gasteiger partial charge in [0, 0.05) is 24.2 Å². The minimum Gasteiger partial charge on any atom is -0.456 e. The van der Waals surface area contributed by atoms with Gasteiger partial charge in [0.1, 0.15) is 6.61 Å². The van der Waals surface area contributed by atoms with Gasteiger partial charge >= 0.3 is 5.97 Å². The molecule has 1 aromatic heterocycles. The number of anilines is 2. The third kappa shape index (κ3) is 5.30. The summed E-state index contributed by atoms with van der Waals surface area (Å²) in [6.07, 6.45) is 2.81. The fourth-order valence-electron chi connectivity index (χ4n) is 3.32. The van der Waals surface area contributed by atoms with Crippen LogP contribution in [-0.4, -0.2) is 36.8 Å². The maximum absolute atomic E-state index is 12.7. The van der Waals surface area contributed by atoms with Crippen LogP contribution in [0.15, 0.2) is 64.9 Å². The molecule has 0 unspecified atom stereocenters. The van der Waals surface area contributed by atoms with Gasteiger partial charge in [-0.05, 0) is 49.2 Å². The van der Waals surface area contributed by atoms with E-state index in [9.17, 15) is 13.2 Å². The van der Waals surface area contributed by atoms with Gasteiger partial charge in [-0.25, -0.2) is 18.2 Å². The number of hydrogen-bond acceptors (Lipinski definition) is 7. The molecule has 3 aromatic rings. The lowest BCUT2D eigenvalue weighted by Gasteiger charge is -2.25. The SMILES string of the molecule is O=C(OCc1csc(Nc2ccccc2)n1)c1ccc(S(=O)(=O)N2CCCCC2)cc1. The molecule has 1 aliphatic rings. The van der Waals surface area contributed by atoms with Crippen molar-refractivity contribution in [3.8, 4) is 0 Å². The fraction of sp³-hybridized carbons (Fsp3) is 0.273. The Morgan fingerprint density at radius 2 is 1.74 bits per heavy atom. The first kappa shape index (κ1) is 21.5. The molecule has 0 saturated carbocycles. The van der Waals surface area contributed by atoms with Gasteiger partial charge in [-0.3, -0.25) is 0 Å². The molecule has 0 radical (unpaired) electrons. The summed E-state index contributed by atoms with van der Waals surface area (Å²) in [5, 5.41) is 5.74. The van der Waals surface area contributed by atoms with Crippen molar-refractivity contribution in [2.75, 3.05) is 18.4 Å². The zero-order valence-electron chi connectivity index (χ0n) is 16.9. The lowest BCUT2D eigenvalue weighted by Crippen LogP contribution is -2.35. The molecular weight excluding hydrogens is 434 g/mol. The molecule has 9 heteroatoms. The number of carbonyl (C=O) groups is 1. The molecule has 2 heterocycles. The molecule has 4 rings (SSSR count). The lowest BCUT2D eigenvalue weighted by molar-refractivity contribution is 0.0468. The number of hydrogen-bond donors (Lipinski definition) is 1. The quantitative estimate of drug-likeness (QED) is 0.529. The third-order valence-corrected chi connectivity index (χ3v) is 7.69. The molecule has 31 heavy (non-hydrogen) atoms. The minimum atomic E-state index is -3.52. The molecule has 1 N–H and O–H groups in total. The Morgan fingerprint density at radius 1 is 1.03 bits per heavy atom. The zero-order chi connectivity index (χ0) is 21.7. The van der Waals surface area contributed by atoms with E-state index in [2.05, 4.69) is 10.3 Å². The maximum Gasteiger partial charge on any atom is 0.338 e. The number of nitrogens with zero attached hydrogens (tertiary/aromatic N) is 2. The summed E-state index contributed by atoms with van der Waals surface area (Å²) in [4.78, 5) is 17.0. The minimum absolute atomic E-state index is 0.0413. The first-order chi connectivity index (χ1) is 15.0. The number of nitrogens with one attached hydrogen (secondary N) is 1. The summed E-state index contributed by atoms with van der Waals surface area (Å²) in [5.74, 6) is -0.521. The summed E-state index contributed by atoms with van der Waals surface area (Å²) in [6, 6.07) is 15.6. The highest BCUT2D eigenvalue weighted by Gasteiger charge is 2.26. The number of esters is 1. The van der Waals surface area contributed by atoms with Crippen LogP contribution >= 0.6 is 11.3 Å². The predicted octanol–water partition coefficient (Wildman–Crippen LogP) is 4.42. The Bertz CT molecular complexity index is 1120. The second-order valence-corrected chi connectivity index (χ2v) is 10.00. The van der Waals surface area contributed by atoms with Gasteiger partial charge in [0.15, 0.2) is 5.13 Å². The molecule has 7 nitrogen and oxygen atoms in total. The standard InChI is InChI=1S/C22H23N3O4S2/c26-21(29-15-19-16-30-22(24-19)23-18-7-3-1-4-8-18)17-9-11-20(12-10-17)31(27,28)25-13-5-2-6-14-25/h1,3-4,7-12,16H,2,5-6,13-15H2,(H,23,24). The largest absolute Gasteiger partial charge is 0.456 e. The van der Waals surface area contributed by atoms with Crippen LogP contribution in [-0.2, 0) is 21.4 Å².